The number of carbonyl (C=O) groups is 2. The molecule has 1 atom stereocenters. The molecule has 1 aliphatic carbocycles. The van der Waals surface area contributed by atoms with E-state index in [0.29, 0.717) is 23.3 Å². The minimum Gasteiger partial charge on any atom is -0.465 e. The Kier molecular flexibility index (Phi) is 6.68. The molecule has 116 valence electrons. The molecule has 1 aliphatic rings. The van der Waals surface area contributed by atoms with Crippen molar-refractivity contribution in [3.8, 4) is 12.1 Å². The third-order valence-electron chi connectivity index (χ3n) is 3.47. The van der Waals surface area contributed by atoms with Gasteiger partial charge in [0.2, 0.25) is 0 Å². The van der Waals surface area contributed by atoms with Gasteiger partial charge in [-0.15, -0.1) is 11.8 Å². The molecular weight excluding hydrogens is 304 g/mol. The van der Waals surface area contributed by atoms with Crippen molar-refractivity contribution >= 4 is 23.7 Å². The molecule has 0 aromatic heterocycles. The summed E-state index contributed by atoms with van der Waals surface area (Å²) in [6.45, 7) is 0. The average molecular weight is 320 g/mol. The number of carbonyl (C=O) groups excluding carboxylic acids is 2. The number of allylic oxidation sites excluding steroid dienone is 2. The Morgan fingerprint density at radius 1 is 1.18 bits per heavy atom. The predicted octanol–water partition coefficient (Wildman–Crippen LogP) is 2.09. The lowest BCUT2D eigenvalue weighted by molar-refractivity contribution is -0.136. The third kappa shape index (κ3) is 3.49. The van der Waals surface area contributed by atoms with Crippen molar-refractivity contribution in [1.82, 2.24) is 0 Å². The first kappa shape index (κ1) is 17.8. The quantitative estimate of drug-likeness (QED) is 0.444. The van der Waals surface area contributed by atoms with Gasteiger partial charge in [0.1, 0.15) is 23.3 Å². The lowest BCUT2D eigenvalue weighted by atomic mass is 9.95. The van der Waals surface area contributed by atoms with Crippen LogP contribution in [-0.2, 0) is 19.1 Å². The van der Waals surface area contributed by atoms with E-state index in [2.05, 4.69) is 9.47 Å². The van der Waals surface area contributed by atoms with Crippen LogP contribution in [0.3, 0.4) is 0 Å². The van der Waals surface area contributed by atoms with E-state index in [1.807, 2.05) is 12.1 Å². The second kappa shape index (κ2) is 8.26. The maximum Gasteiger partial charge on any atom is 0.349 e. The third-order valence-corrected chi connectivity index (χ3v) is 4.39. The number of thioether (sulfide) groups is 1. The Morgan fingerprint density at radius 3 is 2.27 bits per heavy atom. The lowest BCUT2D eigenvalue weighted by Crippen LogP contribution is -2.13. The van der Waals surface area contributed by atoms with Gasteiger partial charge in [-0.05, 0) is 31.1 Å². The summed E-state index contributed by atoms with van der Waals surface area (Å²) >= 11 is 1.26. The topological polar surface area (TPSA) is 100 Å². The summed E-state index contributed by atoms with van der Waals surface area (Å²) in [4.78, 5) is 24.0. The van der Waals surface area contributed by atoms with Gasteiger partial charge in [-0.3, -0.25) is 0 Å². The number of hydrogen-bond acceptors (Lipinski definition) is 7. The molecule has 0 aliphatic heterocycles. The van der Waals surface area contributed by atoms with E-state index in [1.165, 1.54) is 26.0 Å². The fourth-order valence-corrected chi connectivity index (χ4v) is 3.38. The molecule has 0 heterocycles. The van der Waals surface area contributed by atoms with E-state index in [9.17, 15) is 20.1 Å². The van der Waals surface area contributed by atoms with Crippen LogP contribution in [0.25, 0.3) is 0 Å². The van der Waals surface area contributed by atoms with Gasteiger partial charge in [-0.25, -0.2) is 9.59 Å². The molecule has 0 unspecified atom stereocenters. The van der Waals surface area contributed by atoms with Crippen molar-refractivity contribution in [2.24, 2.45) is 5.92 Å². The molecule has 22 heavy (non-hydrogen) atoms. The highest BCUT2D eigenvalue weighted by atomic mass is 32.2. The molecule has 1 rings (SSSR count). The zero-order valence-corrected chi connectivity index (χ0v) is 13.5. The number of nitriles is 2. The van der Waals surface area contributed by atoms with E-state index in [4.69, 9.17) is 0 Å². The van der Waals surface area contributed by atoms with Crippen molar-refractivity contribution in [2.75, 3.05) is 20.5 Å². The number of esters is 2. The standard InChI is InChI=1S/C15H16N2O4S/c1-20-14(18)11(7-16)9-5-4-6-10(9)13(22-3)12(8-17)15(19)21-2/h10H,4-6H2,1-3H3/b11-9+,13-12+/t10-/m1/s1. The zero-order chi connectivity index (χ0) is 16.7. The summed E-state index contributed by atoms with van der Waals surface area (Å²) in [5, 5.41) is 18.5. The molecule has 7 heteroatoms. The molecule has 0 amide bonds. The van der Waals surface area contributed by atoms with Crippen molar-refractivity contribution < 1.29 is 19.1 Å². The van der Waals surface area contributed by atoms with Crippen molar-refractivity contribution in [3.63, 3.8) is 0 Å². The number of ether oxygens (including phenoxy) is 2. The largest absolute Gasteiger partial charge is 0.465 e. The Labute approximate surface area is 133 Å². The van der Waals surface area contributed by atoms with Crippen LogP contribution >= 0.6 is 11.8 Å². The highest BCUT2D eigenvalue weighted by Gasteiger charge is 2.33. The first-order valence-corrected chi connectivity index (χ1v) is 7.76. The van der Waals surface area contributed by atoms with Crippen molar-refractivity contribution in [2.45, 2.75) is 19.3 Å². The Bertz CT molecular complexity index is 622. The molecule has 0 aromatic carbocycles. The SMILES string of the molecule is COC(=O)/C(C#N)=C1\CCC[C@H]1/C(SC)=C(/C#N)C(=O)OC. The van der Waals surface area contributed by atoms with Gasteiger partial charge < -0.3 is 9.47 Å². The Balaban J connectivity index is 3.45. The van der Waals surface area contributed by atoms with Crippen LogP contribution in [0.15, 0.2) is 21.6 Å². The predicted molar refractivity (Wildman–Crippen MR) is 80.2 cm³/mol. The molecule has 0 N–H and O–H groups in total. The first-order valence-electron chi connectivity index (χ1n) is 6.53. The Morgan fingerprint density at radius 2 is 1.82 bits per heavy atom. The van der Waals surface area contributed by atoms with Gasteiger partial charge in [0.15, 0.2) is 0 Å². The second-order valence-corrected chi connectivity index (χ2v) is 5.34. The van der Waals surface area contributed by atoms with Gasteiger partial charge >= 0.3 is 11.9 Å². The Hall–Kier alpha value is -2.25. The summed E-state index contributed by atoms with van der Waals surface area (Å²) in [5.41, 5.74) is 0.496. The molecule has 0 bridgehead atoms. The van der Waals surface area contributed by atoms with Crippen LogP contribution in [0, 0.1) is 28.6 Å². The van der Waals surface area contributed by atoms with Gasteiger partial charge in [0.25, 0.3) is 0 Å². The number of rotatable bonds is 4. The molecule has 0 radical (unpaired) electrons. The van der Waals surface area contributed by atoms with Crippen LogP contribution in [0.2, 0.25) is 0 Å². The fourth-order valence-electron chi connectivity index (χ4n) is 2.51. The number of hydrogen-bond donors (Lipinski definition) is 0. The van der Waals surface area contributed by atoms with E-state index in [1.54, 1.807) is 6.26 Å². The monoisotopic (exact) mass is 320 g/mol. The average Bonchev–Trinajstić information content (AvgIpc) is 3.01. The highest BCUT2D eigenvalue weighted by molar-refractivity contribution is 8.02. The van der Waals surface area contributed by atoms with Crippen LogP contribution in [0.5, 0.6) is 0 Å². The van der Waals surface area contributed by atoms with Crippen molar-refractivity contribution in [1.29, 1.82) is 10.5 Å². The van der Waals surface area contributed by atoms with Gasteiger partial charge in [0, 0.05) is 10.8 Å². The summed E-state index contributed by atoms with van der Waals surface area (Å²) in [6, 6.07) is 3.74. The van der Waals surface area contributed by atoms with Crippen LogP contribution in [0.4, 0.5) is 0 Å². The molecular formula is C15H16N2O4S. The van der Waals surface area contributed by atoms with E-state index < -0.39 is 11.9 Å². The van der Waals surface area contributed by atoms with Crippen LogP contribution in [0.1, 0.15) is 19.3 Å². The number of methoxy groups -OCH3 is 2. The van der Waals surface area contributed by atoms with Crippen LogP contribution in [-0.4, -0.2) is 32.4 Å². The summed E-state index contributed by atoms with van der Waals surface area (Å²) in [6.07, 6.45) is 3.74. The maximum absolute atomic E-state index is 11.7. The first-order chi connectivity index (χ1) is 10.5. The van der Waals surface area contributed by atoms with Crippen LogP contribution < -0.4 is 0 Å². The van der Waals surface area contributed by atoms with Crippen molar-refractivity contribution in [3.05, 3.63) is 21.6 Å². The van der Waals surface area contributed by atoms with Gasteiger partial charge in [-0.1, -0.05) is 0 Å². The minimum absolute atomic E-state index is 0.0429. The molecule has 0 aromatic rings. The fraction of sp³-hybridized carbons (Fsp3) is 0.467. The highest BCUT2D eigenvalue weighted by Crippen LogP contribution is 2.43. The van der Waals surface area contributed by atoms with E-state index in [0.717, 1.165) is 6.42 Å². The van der Waals surface area contributed by atoms with E-state index in [-0.39, 0.29) is 17.1 Å². The van der Waals surface area contributed by atoms with Gasteiger partial charge in [0.05, 0.1) is 14.2 Å². The molecule has 6 nitrogen and oxygen atoms in total. The molecule has 0 spiro atoms. The normalized spacial score (nSPS) is 20.3. The number of nitrogens with zero attached hydrogens (tertiary/aromatic N) is 2. The van der Waals surface area contributed by atoms with Gasteiger partial charge in [-0.2, -0.15) is 10.5 Å². The molecule has 1 fully saturated rings. The minimum atomic E-state index is -0.713. The summed E-state index contributed by atoms with van der Waals surface area (Å²) in [7, 11) is 2.42. The smallest absolute Gasteiger partial charge is 0.349 e. The van der Waals surface area contributed by atoms with E-state index >= 15 is 0 Å². The molecule has 0 saturated heterocycles. The summed E-state index contributed by atoms with van der Waals surface area (Å²) in [5.74, 6) is -1.71. The summed E-state index contributed by atoms with van der Waals surface area (Å²) < 4.78 is 9.26. The zero-order valence-electron chi connectivity index (χ0n) is 12.6. The molecule has 1 saturated carbocycles. The maximum atomic E-state index is 11.7. The lowest BCUT2D eigenvalue weighted by Gasteiger charge is -2.17. The second-order valence-electron chi connectivity index (χ2n) is 4.50.